The molecule has 0 aliphatic carbocycles. The summed E-state index contributed by atoms with van der Waals surface area (Å²) in [6.45, 7) is 6.45. The van der Waals surface area contributed by atoms with Gasteiger partial charge in [-0.3, -0.25) is 4.79 Å². The first kappa shape index (κ1) is 24.5. The van der Waals surface area contributed by atoms with Crippen molar-refractivity contribution in [1.82, 2.24) is 4.31 Å². The molecule has 9 heteroatoms. The third-order valence-corrected chi connectivity index (χ3v) is 6.76. The zero-order chi connectivity index (χ0) is 23.0. The molecule has 0 unspecified atom stereocenters. The first-order valence-corrected chi connectivity index (χ1v) is 11.5. The predicted molar refractivity (Wildman–Crippen MR) is 120 cm³/mol. The number of hydrogen-bond donors (Lipinski definition) is 1. The molecule has 0 aliphatic rings. The highest BCUT2D eigenvalue weighted by Gasteiger charge is 2.23. The van der Waals surface area contributed by atoms with E-state index in [-0.39, 0.29) is 17.2 Å². The number of carbonyl (C=O) groups is 1. The number of rotatable bonds is 11. The van der Waals surface area contributed by atoms with E-state index in [9.17, 15) is 13.2 Å². The summed E-state index contributed by atoms with van der Waals surface area (Å²) in [6.07, 6.45) is 0.0335. The molecular weight excluding hydrogens is 420 g/mol. The monoisotopic (exact) mass is 450 g/mol. The largest absolute Gasteiger partial charge is 0.497 e. The maximum Gasteiger partial charge on any atom is 0.243 e. The van der Waals surface area contributed by atoms with E-state index >= 15 is 0 Å². The summed E-state index contributed by atoms with van der Waals surface area (Å²) in [6, 6.07) is 9.67. The molecule has 1 amide bonds. The number of benzene rings is 2. The highest BCUT2D eigenvalue weighted by Crippen LogP contribution is 2.30. The van der Waals surface area contributed by atoms with E-state index in [1.54, 1.807) is 45.2 Å². The molecule has 0 saturated heterocycles. The fraction of sp³-hybridized carbons (Fsp3) is 0.409. The molecule has 0 saturated carbocycles. The smallest absolute Gasteiger partial charge is 0.243 e. The van der Waals surface area contributed by atoms with Crippen molar-refractivity contribution in [3.63, 3.8) is 0 Å². The Bertz CT molecular complexity index is 1000. The highest BCUT2D eigenvalue weighted by molar-refractivity contribution is 7.89. The maximum absolute atomic E-state index is 12.9. The van der Waals surface area contributed by atoms with Crippen LogP contribution in [0.3, 0.4) is 0 Å². The molecule has 170 valence electrons. The minimum absolute atomic E-state index is 0.0335. The molecule has 0 heterocycles. The number of hydrogen-bond acceptors (Lipinski definition) is 6. The zero-order valence-corrected chi connectivity index (χ0v) is 19.4. The van der Waals surface area contributed by atoms with Gasteiger partial charge in [-0.2, -0.15) is 4.31 Å². The summed E-state index contributed by atoms with van der Waals surface area (Å²) in [5.41, 5.74) is 0.971. The number of carbonyl (C=O) groups excluding carboxylic acids is 1. The lowest BCUT2D eigenvalue weighted by Gasteiger charge is -2.20. The van der Waals surface area contributed by atoms with E-state index in [2.05, 4.69) is 5.32 Å². The Kier molecular flexibility index (Phi) is 8.70. The molecular formula is C22H30N2O6S. The minimum Gasteiger partial charge on any atom is -0.497 e. The molecule has 0 bridgehead atoms. The van der Waals surface area contributed by atoms with Gasteiger partial charge in [0.05, 0.1) is 37.8 Å². The normalized spacial score (nSPS) is 11.3. The van der Waals surface area contributed by atoms with Crippen molar-refractivity contribution in [3.05, 3.63) is 42.0 Å². The van der Waals surface area contributed by atoms with E-state index in [0.29, 0.717) is 48.2 Å². The van der Waals surface area contributed by atoms with E-state index in [1.807, 2.05) is 6.92 Å². The number of anilines is 1. The quantitative estimate of drug-likeness (QED) is 0.564. The molecule has 0 fully saturated rings. The van der Waals surface area contributed by atoms with Crippen LogP contribution in [-0.2, 0) is 21.2 Å². The van der Waals surface area contributed by atoms with Gasteiger partial charge in [0.15, 0.2) is 0 Å². The van der Waals surface area contributed by atoms with Gasteiger partial charge in [0.25, 0.3) is 0 Å². The highest BCUT2D eigenvalue weighted by atomic mass is 32.2. The van der Waals surface area contributed by atoms with Crippen molar-refractivity contribution in [2.45, 2.75) is 32.1 Å². The average molecular weight is 451 g/mol. The van der Waals surface area contributed by atoms with E-state index in [4.69, 9.17) is 14.2 Å². The van der Waals surface area contributed by atoms with Gasteiger partial charge in [0.2, 0.25) is 15.9 Å². The van der Waals surface area contributed by atoms with Crippen LogP contribution >= 0.6 is 0 Å². The first-order valence-electron chi connectivity index (χ1n) is 10.1. The molecule has 2 aromatic carbocycles. The average Bonchev–Trinajstić information content (AvgIpc) is 2.75. The lowest BCUT2D eigenvalue weighted by atomic mass is 10.1. The topological polar surface area (TPSA) is 94.2 Å². The number of nitrogens with zero attached hydrogens (tertiary/aromatic N) is 1. The second-order valence-corrected chi connectivity index (χ2v) is 8.52. The van der Waals surface area contributed by atoms with Gasteiger partial charge in [-0.05, 0) is 31.2 Å². The van der Waals surface area contributed by atoms with Gasteiger partial charge in [-0.1, -0.05) is 19.9 Å². The second kappa shape index (κ2) is 11.0. The van der Waals surface area contributed by atoms with Crippen LogP contribution in [0.4, 0.5) is 5.69 Å². The first-order chi connectivity index (χ1) is 14.8. The van der Waals surface area contributed by atoms with Crippen molar-refractivity contribution >= 4 is 21.6 Å². The fourth-order valence-electron chi connectivity index (χ4n) is 3.13. The SMILES string of the molecule is CCOc1ccc(S(=O)(=O)N(CC)CC)cc1NC(=O)Cc1ccc(OC)cc1OC. The van der Waals surface area contributed by atoms with E-state index in [1.165, 1.54) is 23.5 Å². The summed E-state index contributed by atoms with van der Waals surface area (Å²) < 4.78 is 43.2. The van der Waals surface area contributed by atoms with E-state index in [0.717, 1.165) is 0 Å². The molecule has 8 nitrogen and oxygen atoms in total. The van der Waals surface area contributed by atoms with Crippen molar-refractivity contribution < 1.29 is 27.4 Å². The minimum atomic E-state index is -3.68. The van der Waals surface area contributed by atoms with Crippen molar-refractivity contribution in [3.8, 4) is 17.2 Å². The molecule has 0 spiro atoms. The molecule has 0 aliphatic heterocycles. The summed E-state index contributed by atoms with van der Waals surface area (Å²) in [5, 5.41) is 2.78. The van der Waals surface area contributed by atoms with Crippen LogP contribution in [0.1, 0.15) is 26.3 Å². The Labute approximate surface area is 184 Å². The molecule has 1 N–H and O–H groups in total. The number of ether oxygens (including phenoxy) is 3. The molecule has 0 atom stereocenters. The van der Waals surface area contributed by atoms with Gasteiger partial charge >= 0.3 is 0 Å². The van der Waals surface area contributed by atoms with Crippen molar-refractivity contribution in [1.29, 1.82) is 0 Å². The zero-order valence-electron chi connectivity index (χ0n) is 18.6. The van der Waals surface area contributed by atoms with Crippen LogP contribution in [0, 0.1) is 0 Å². The standard InChI is InChI=1S/C22H30N2O6S/c1-6-24(7-2)31(26,27)18-11-12-20(30-8-3)19(15-18)23-22(25)13-16-9-10-17(28-4)14-21(16)29-5/h9-12,14-15H,6-8,13H2,1-5H3,(H,23,25). The Morgan fingerprint density at radius 2 is 1.68 bits per heavy atom. The third-order valence-electron chi connectivity index (χ3n) is 4.71. The van der Waals surface area contributed by atoms with Gasteiger partial charge in [0, 0.05) is 24.7 Å². The van der Waals surface area contributed by atoms with Gasteiger partial charge < -0.3 is 19.5 Å². The van der Waals surface area contributed by atoms with Crippen LogP contribution in [-0.4, -0.2) is 52.5 Å². The number of methoxy groups -OCH3 is 2. The number of nitrogens with one attached hydrogen (secondary N) is 1. The van der Waals surface area contributed by atoms with Crippen LogP contribution < -0.4 is 19.5 Å². The van der Waals surface area contributed by atoms with Gasteiger partial charge in [-0.15, -0.1) is 0 Å². The maximum atomic E-state index is 12.9. The summed E-state index contributed by atoms with van der Waals surface area (Å²) in [4.78, 5) is 12.8. The Hall–Kier alpha value is -2.78. The van der Waals surface area contributed by atoms with Crippen LogP contribution in [0.15, 0.2) is 41.3 Å². The lowest BCUT2D eigenvalue weighted by molar-refractivity contribution is -0.115. The Balaban J connectivity index is 2.33. The van der Waals surface area contributed by atoms with Gasteiger partial charge in [0.1, 0.15) is 17.2 Å². The summed E-state index contributed by atoms with van der Waals surface area (Å²) >= 11 is 0. The van der Waals surface area contributed by atoms with Gasteiger partial charge in [-0.25, -0.2) is 8.42 Å². The van der Waals surface area contributed by atoms with Crippen molar-refractivity contribution in [2.24, 2.45) is 0 Å². The summed E-state index contributed by atoms with van der Waals surface area (Å²) in [7, 11) is -0.606. The molecule has 2 rings (SSSR count). The molecule has 31 heavy (non-hydrogen) atoms. The second-order valence-electron chi connectivity index (χ2n) is 6.58. The number of sulfonamides is 1. The molecule has 2 aromatic rings. The van der Waals surface area contributed by atoms with Crippen molar-refractivity contribution in [2.75, 3.05) is 39.2 Å². The predicted octanol–water partition coefficient (Wildman–Crippen LogP) is 3.31. The molecule has 0 radical (unpaired) electrons. The van der Waals surface area contributed by atoms with E-state index < -0.39 is 10.0 Å². The number of amides is 1. The molecule has 0 aromatic heterocycles. The lowest BCUT2D eigenvalue weighted by Crippen LogP contribution is -2.30. The van der Waals surface area contributed by atoms with Crippen LogP contribution in [0.25, 0.3) is 0 Å². The third kappa shape index (κ3) is 5.89. The van der Waals surface area contributed by atoms with Crippen LogP contribution in [0.2, 0.25) is 0 Å². The Morgan fingerprint density at radius 3 is 2.26 bits per heavy atom. The van der Waals surface area contributed by atoms with Crippen LogP contribution in [0.5, 0.6) is 17.2 Å². The Morgan fingerprint density at radius 1 is 0.968 bits per heavy atom. The summed E-state index contributed by atoms with van der Waals surface area (Å²) in [5.74, 6) is 1.21. The fourth-order valence-corrected chi connectivity index (χ4v) is 4.61.